The van der Waals surface area contributed by atoms with Crippen LogP contribution in [0.4, 0.5) is 5.69 Å². The summed E-state index contributed by atoms with van der Waals surface area (Å²) >= 11 is 1.50. The van der Waals surface area contributed by atoms with Crippen LogP contribution in [0.2, 0.25) is 0 Å². The van der Waals surface area contributed by atoms with Crippen molar-refractivity contribution < 1.29 is 19.1 Å². The van der Waals surface area contributed by atoms with Crippen molar-refractivity contribution in [1.82, 2.24) is 5.32 Å². The predicted octanol–water partition coefficient (Wildman–Crippen LogP) is 5.73. The average Bonchev–Trinajstić information content (AvgIpc) is 3.41. The summed E-state index contributed by atoms with van der Waals surface area (Å²) in [6.07, 6.45) is 5.37. The van der Waals surface area contributed by atoms with E-state index in [1.165, 1.54) is 24.7 Å². The van der Waals surface area contributed by atoms with Gasteiger partial charge in [0, 0.05) is 22.2 Å². The van der Waals surface area contributed by atoms with Crippen LogP contribution >= 0.6 is 11.3 Å². The van der Waals surface area contributed by atoms with Crippen molar-refractivity contribution in [1.29, 1.82) is 0 Å². The fourth-order valence-corrected chi connectivity index (χ4v) is 5.39. The number of rotatable bonds is 9. The molecule has 0 radical (unpaired) electrons. The normalized spacial score (nSPS) is 14.6. The minimum atomic E-state index is -0.896. The van der Waals surface area contributed by atoms with E-state index in [2.05, 4.69) is 5.32 Å². The van der Waals surface area contributed by atoms with Gasteiger partial charge in [-0.3, -0.25) is 19.3 Å². The molecule has 7 heteroatoms. The molecular formula is C29H32N2O4S. The van der Waals surface area contributed by atoms with Gasteiger partial charge >= 0.3 is 0 Å². The van der Waals surface area contributed by atoms with Gasteiger partial charge in [0.05, 0.1) is 13.5 Å². The first-order chi connectivity index (χ1) is 17.5. The molecule has 1 aromatic heterocycles. The Bertz CT molecular complexity index is 1180. The van der Waals surface area contributed by atoms with E-state index in [0.717, 1.165) is 30.6 Å². The minimum Gasteiger partial charge on any atom is -0.497 e. The van der Waals surface area contributed by atoms with Crippen LogP contribution in [-0.4, -0.2) is 30.7 Å². The van der Waals surface area contributed by atoms with Gasteiger partial charge in [0.1, 0.15) is 11.8 Å². The zero-order valence-corrected chi connectivity index (χ0v) is 21.6. The Morgan fingerprint density at radius 3 is 2.42 bits per heavy atom. The zero-order chi connectivity index (χ0) is 25.5. The van der Waals surface area contributed by atoms with Gasteiger partial charge in [-0.15, -0.1) is 11.3 Å². The number of nitrogens with zero attached hydrogens (tertiary/aromatic N) is 1. The number of ether oxygens (including phenoxy) is 1. The lowest BCUT2D eigenvalue weighted by molar-refractivity contribution is -0.127. The summed E-state index contributed by atoms with van der Waals surface area (Å²) < 4.78 is 5.32. The number of hydrogen-bond acceptors (Lipinski definition) is 5. The Kier molecular flexibility index (Phi) is 8.54. The van der Waals surface area contributed by atoms with Crippen LogP contribution in [0.3, 0.4) is 0 Å². The number of hydrogen-bond donors (Lipinski definition) is 1. The molecular weight excluding hydrogens is 472 g/mol. The van der Waals surface area contributed by atoms with Crippen LogP contribution in [0.25, 0.3) is 0 Å². The highest BCUT2D eigenvalue weighted by molar-refractivity contribution is 7.10. The molecule has 0 saturated heterocycles. The molecule has 1 saturated carbocycles. The van der Waals surface area contributed by atoms with E-state index in [-0.39, 0.29) is 30.1 Å². The van der Waals surface area contributed by atoms with Gasteiger partial charge in [0.2, 0.25) is 11.8 Å². The molecule has 1 fully saturated rings. The van der Waals surface area contributed by atoms with E-state index >= 15 is 0 Å². The summed E-state index contributed by atoms with van der Waals surface area (Å²) in [7, 11) is 1.59. The lowest BCUT2D eigenvalue weighted by Gasteiger charge is -2.33. The maximum Gasteiger partial charge on any atom is 0.248 e. The fourth-order valence-electron chi connectivity index (χ4n) is 4.69. The molecule has 2 aromatic carbocycles. The molecule has 36 heavy (non-hydrogen) atoms. The lowest BCUT2D eigenvalue weighted by Crippen LogP contribution is -2.47. The second kappa shape index (κ2) is 12.0. The molecule has 3 aromatic rings. The largest absolute Gasteiger partial charge is 0.497 e. The number of Topliss-reactive ketones (excluding diaryl/α,β-unsaturated/α-hetero) is 1. The van der Waals surface area contributed by atoms with Gasteiger partial charge in [-0.05, 0) is 61.0 Å². The van der Waals surface area contributed by atoms with Gasteiger partial charge < -0.3 is 10.1 Å². The third-order valence-corrected chi connectivity index (χ3v) is 7.47. The summed E-state index contributed by atoms with van der Waals surface area (Å²) in [5.41, 5.74) is 1.68. The highest BCUT2D eigenvalue weighted by Gasteiger charge is 2.34. The molecule has 2 amide bonds. The molecule has 6 nitrogen and oxygen atoms in total. The predicted molar refractivity (Wildman–Crippen MR) is 143 cm³/mol. The van der Waals surface area contributed by atoms with Gasteiger partial charge in [-0.2, -0.15) is 0 Å². The van der Waals surface area contributed by atoms with E-state index in [9.17, 15) is 14.4 Å². The molecule has 4 rings (SSSR count). The van der Waals surface area contributed by atoms with Gasteiger partial charge in [0.15, 0.2) is 5.78 Å². The molecule has 1 aliphatic carbocycles. The van der Waals surface area contributed by atoms with Crippen molar-refractivity contribution in [2.24, 2.45) is 0 Å². The van der Waals surface area contributed by atoms with Crippen LogP contribution in [-0.2, 0) is 16.0 Å². The first-order valence-corrected chi connectivity index (χ1v) is 13.2. The quantitative estimate of drug-likeness (QED) is 0.378. The Labute approximate surface area is 216 Å². The Morgan fingerprint density at radius 2 is 1.78 bits per heavy atom. The number of ketones is 1. The Hall–Kier alpha value is -3.45. The summed E-state index contributed by atoms with van der Waals surface area (Å²) in [6.45, 7) is 1.49. The van der Waals surface area contributed by atoms with Crippen LogP contribution in [0.5, 0.6) is 5.75 Å². The highest BCUT2D eigenvalue weighted by Crippen LogP contribution is 2.32. The first-order valence-electron chi connectivity index (χ1n) is 12.4. The molecule has 1 N–H and O–H groups in total. The monoisotopic (exact) mass is 504 g/mol. The number of thiophene rings is 1. The van der Waals surface area contributed by atoms with Crippen molar-refractivity contribution in [2.75, 3.05) is 12.0 Å². The molecule has 1 aliphatic rings. The first kappa shape index (κ1) is 25.6. The molecule has 1 heterocycles. The maximum atomic E-state index is 13.9. The van der Waals surface area contributed by atoms with E-state index in [4.69, 9.17) is 4.74 Å². The summed E-state index contributed by atoms with van der Waals surface area (Å²) in [4.78, 5) is 42.4. The van der Waals surface area contributed by atoms with Crippen molar-refractivity contribution in [3.8, 4) is 5.75 Å². The number of carbonyl (C=O) groups excluding carboxylic acids is 3. The number of anilines is 1. The van der Waals surface area contributed by atoms with Crippen LogP contribution in [0, 0.1) is 0 Å². The third kappa shape index (κ3) is 6.21. The molecule has 0 spiro atoms. The summed E-state index contributed by atoms with van der Waals surface area (Å²) in [5.74, 6) is 0.132. The standard InChI is InChI=1S/C29H32N2O4S/c1-20(32)22-8-6-11-24(18-22)31(27(33)19-26-12-7-17-36-26)28(21-13-15-25(35-2)16-14-21)29(34)30-23-9-4-3-5-10-23/h6-8,11-18,23,28H,3-5,9-10,19H2,1-2H3,(H,30,34)/t28-/m0/s1. The molecule has 0 unspecified atom stereocenters. The van der Waals surface area contributed by atoms with Crippen LogP contribution < -0.4 is 15.0 Å². The minimum absolute atomic E-state index is 0.0878. The fraction of sp³-hybridized carbons (Fsp3) is 0.345. The van der Waals surface area contributed by atoms with Gasteiger partial charge in [0.25, 0.3) is 0 Å². The van der Waals surface area contributed by atoms with Gasteiger partial charge in [-0.1, -0.05) is 49.6 Å². The number of carbonyl (C=O) groups is 3. The number of amides is 2. The third-order valence-electron chi connectivity index (χ3n) is 6.59. The van der Waals surface area contributed by atoms with Crippen molar-refractivity contribution >= 4 is 34.6 Å². The number of nitrogens with one attached hydrogen (secondary N) is 1. The topological polar surface area (TPSA) is 75.7 Å². The highest BCUT2D eigenvalue weighted by atomic mass is 32.1. The van der Waals surface area contributed by atoms with Crippen molar-refractivity contribution in [3.63, 3.8) is 0 Å². The Balaban J connectivity index is 1.78. The second-order valence-corrected chi connectivity index (χ2v) is 10.2. The Morgan fingerprint density at radius 1 is 1.03 bits per heavy atom. The summed E-state index contributed by atoms with van der Waals surface area (Å²) in [6, 6.07) is 17.2. The SMILES string of the molecule is COc1ccc([C@@H](C(=O)NC2CCCCC2)N(C(=O)Cc2cccs2)c2cccc(C(C)=O)c2)cc1. The lowest BCUT2D eigenvalue weighted by atomic mass is 9.94. The van der Waals surface area contributed by atoms with E-state index in [0.29, 0.717) is 22.6 Å². The van der Waals surface area contributed by atoms with E-state index in [1.807, 2.05) is 29.6 Å². The maximum absolute atomic E-state index is 13.9. The van der Waals surface area contributed by atoms with E-state index in [1.54, 1.807) is 48.4 Å². The average molecular weight is 505 g/mol. The zero-order valence-electron chi connectivity index (χ0n) is 20.7. The van der Waals surface area contributed by atoms with Crippen molar-refractivity contribution in [3.05, 3.63) is 82.0 Å². The molecule has 0 bridgehead atoms. The van der Waals surface area contributed by atoms with Crippen LogP contribution in [0.15, 0.2) is 66.0 Å². The smallest absolute Gasteiger partial charge is 0.248 e. The van der Waals surface area contributed by atoms with Gasteiger partial charge in [-0.25, -0.2) is 0 Å². The molecule has 1 atom stereocenters. The summed E-state index contributed by atoms with van der Waals surface area (Å²) in [5, 5.41) is 5.15. The number of benzene rings is 2. The number of methoxy groups -OCH3 is 1. The molecule has 0 aliphatic heterocycles. The van der Waals surface area contributed by atoms with E-state index < -0.39 is 6.04 Å². The molecule has 188 valence electrons. The second-order valence-electron chi connectivity index (χ2n) is 9.15. The van der Waals surface area contributed by atoms with Crippen LogP contribution in [0.1, 0.15) is 65.9 Å². The van der Waals surface area contributed by atoms with Crippen molar-refractivity contribution in [2.45, 2.75) is 57.5 Å².